The van der Waals surface area contributed by atoms with Crippen LogP contribution in [-0.2, 0) is 21.9 Å². The first kappa shape index (κ1) is 22.0. The van der Waals surface area contributed by atoms with Crippen molar-refractivity contribution in [2.24, 2.45) is 5.92 Å². The third-order valence-corrected chi connectivity index (χ3v) is 3.47. The Morgan fingerprint density at radius 3 is 1.85 bits per heavy atom. The molecule has 0 aliphatic carbocycles. The summed E-state index contributed by atoms with van der Waals surface area (Å²) in [5, 5.41) is 4.44. The Kier molecular flexibility index (Phi) is 6.86. The topological polar surface area (TPSA) is 50.4 Å². The Morgan fingerprint density at radius 2 is 1.50 bits per heavy atom. The van der Waals surface area contributed by atoms with Gasteiger partial charge in [-0.3, -0.25) is 0 Å². The zero-order valence-electron chi connectivity index (χ0n) is 13.9. The average Bonchev–Trinajstić information content (AvgIpc) is 2.49. The van der Waals surface area contributed by atoms with E-state index in [0.717, 1.165) is 7.11 Å². The lowest BCUT2D eigenvalue weighted by atomic mass is 10.1. The predicted octanol–water partition coefficient (Wildman–Crippen LogP) is 4.21. The van der Waals surface area contributed by atoms with Gasteiger partial charge in [0.2, 0.25) is 0 Å². The number of thiocarbonyl (C=S) groups is 1. The number of halogens is 6. The van der Waals surface area contributed by atoms with Crippen molar-refractivity contribution >= 4 is 29.0 Å². The highest BCUT2D eigenvalue weighted by Gasteiger charge is 2.37. The molecule has 1 aromatic rings. The first-order valence-electron chi connectivity index (χ1n) is 7.20. The molecule has 2 N–H and O–H groups in total. The quantitative estimate of drug-likeness (QED) is 0.449. The Hall–Kier alpha value is -2.04. The molecule has 4 nitrogen and oxygen atoms in total. The van der Waals surface area contributed by atoms with E-state index in [1.807, 2.05) is 0 Å². The van der Waals surface area contributed by atoms with Crippen molar-refractivity contribution in [3.8, 4) is 0 Å². The van der Waals surface area contributed by atoms with Crippen molar-refractivity contribution < 1.29 is 35.9 Å². The summed E-state index contributed by atoms with van der Waals surface area (Å²) in [6.45, 7) is 3.31. The van der Waals surface area contributed by atoms with E-state index >= 15 is 0 Å². The number of alkyl halides is 6. The van der Waals surface area contributed by atoms with Crippen LogP contribution in [0, 0.1) is 5.92 Å². The van der Waals surface area contributed by atoms with Gasteiger partial charge >= 0.3 is 18.3 Å². The fourth-order valence-corrected chi connectivity index (χ4v) is 2.21. The van der Waals surface area contributed by atoms with Gasteiger partial charge in [0, 0.05) is 5.69 Å². The normalized spacial score (nSPS) is 13.3. The third kappa shape index (κ3) is 6.04. The van der Waals surface area contributed by atoms with Gasteiger partial charge in [-0.15, -0.1) is 0 Å². The second-order valence-corrected chi connectivity index (χ2v) is 6.05. The Morgan fingerprint density at radius 1 is 1.04 bits per heavy atom. The number of hydrogen-bond acceptors (Lipinski definition) is 3. The lowest BCUT2D eigenvalue weighted by molar-refractivity contribution is -0.144. The summed E-state index contributed by atoms with van der Waals surface area (Å²) < 4.78 is 81.6. The Labute approximate surface area is 150 Å². The van der Waals surface area contributed by atoms with Gasteiger partial charge in [-0.05, 0) is 36.3 Å². The highest BCUT2D eigenvalue weighted by Crippen LogP contribution is 2.37. The van der Waals surface area contributed by atoms with Crippen LogP contribution in [0.1, 0.15) is 25.0 Å². The molecule has 0 heterocycles. The van der Waals surface area contributed by atoms with E-state index in [1.165, 1.54) is 0 Å². The minimum atomic E-state index is -4.97. The molecule has 0 aliphatic rings. The molecule has 1 atom stereocenters. The van der Waals surface area contributed by atoms with Crippen LogP contribution in [0.3, 0.4) is 0 Å². The van der Waals surface area contributed by atoms with E-state index < -0.39 is 41.2 Å². The number of nitrogens with one attached hydrogen (secondary N) is 2. The Bertz CT molecular complexity index is 641. The minimum Gasteiger partial charge on any atom is -0.467 e. The smallest absolute Gasteiger partial charge is 0.416 e. The van der Waals surface area contributed by atoms with Crippen LogP contribution in [0.4, 0.5) is 32.0 Å². The molecular weight excluding hydrogens is 386 g/mol. The van der Waals surface area contributed by atoms with E-state index in [0.29, 0.717) is 12.1 Å². The van der Waals surface area contributed by atoms with Crippen molar-refractivity contribution in [1.82, 2.24) is 5.32 Å². The molecule has 0 saturated carbocycles. The van der Waals surface area contributed by atoms with Crippen LogP contribution in [0.25, 0.3) is 0 Å². The van der Waals surface area contributed by atoms with Crippen molar-refractivity contribution in [3.05, 3.63) is 29.3 Å². The number of esters is 1. The first-order chi connectivity index (χ1) is 11.8. The van der Waals surface area contributed by atoms with Crippen molar-refractivity contribution in [1.29, 1.82) is 0 Å². The van der Waals surface area contributed by atoms with Crippen LogP contribution >= 0.6 is 12.2 Å². The van der Waals surface area contributed by atoms with Crippen LogP contribution in [0.15, 0.2) is 18.2 Å². The zero-order chi connectivity index (χ0) is 20.3. The monoisotopic (exact) mass is 402 g/mol. The molecule has 0 aliphatic heterocycles. The molecule has 0 spiro atoms. The highest BCUT2D eigenvalue weighted by molar-refractivity contribution is 7.80. The molecule has 26 heavy (non-hydrogen) atoms. The van der Waals surface area contributed by atoms with Gasteiger partial charge in [-0.2, -0.15) is 26.3 Å². The van der Waals surface area contributed by atoms with Crippen molar-refractivity contribution in [3.63, 3.8) is 0 Å². The Balaban J connectivity index is 3.11. The SMILES string of the molecule is COC(=O)[C@@H](NC(=S)Nc1cc(C(F)(F)F)cc(C(F)(F)F)c1)C(C)C. The van der Waals surface area contributed by atoms with Gasteiger partial charge in [0.25, 0.3) is 0 Å². The van der Waals surface area contributed by atoms with E-state index in [2.05, 4.69) is 15.4 Å². The number of methoxy groups -OCH3 is 1. The summed E-state index contributed by atoms with van der Waals surface area (Å²) in [5.74, 6) is -0.974. The lowest BCUT2D eigenvalue weighted by Gasteiger charge is -2.22. The summed E-state index contributed by atoms with van der Waals surface area (Å²) in [7, 11) is 1.14. The second-order valence-electron chi connectivity index (χ2n) is 5.64. The average molecular weight is 402 g/mol. The number of hydrogen-bond donors (Lipinski definition) is 2. The number of anilines is 1. The maximum atomic E-state index is 12.8. The summed E-state index contributed by atoms with van der Waals surface area (Å²) in [6.07, 6.45) is -9.95. The fourth-order valence-electron chi connectivity index (χ4n) is 1.96. The molecule has 0 fully saturated rings. The number of rotatable bonds is 4. The van der Waals surface area contributed by atoms with Gasteiger partial charge in [-0.25, -0.2) is 4.79 Å². The van der Waals surface area contributed by atoms with Crippen LogP contribution in [0.5, 0.6) is 0 Å². The number of carbonyl (C=O) groups excluding carboxylic acids is 1. The van der Waals surface area contributed by atoms with E-state index in [4.69, 9.17) is 12.2 Å². The van der Waals surface area contributed by atoms with Gasteiger partial charge in [-0.1, -0.05) is 13.8 Å². The van der Waals surface area contributed by atoms with E-state index in [1.54, 1.807) is 13.8 Å². The van der Waals surface area contributed by atoms with Gasteiger partial charge in [0.05, 0.1) is 18.2 Å². The fraction of sp³-hybridized carbons (Fsp3) is 0.467. The molecule has 0 amide bonds. The molecule has 0 saturated heterocycles. The summed E-state index contributed by atoms with van der Waals surface area (Å²) >= 11 is 4.88. The summed E-state index contributed by atoms with van der Waals surface area (Å²) in [6, 6.07) is 0.0673. The molecule has 1 rings (SSSR count). The summed E-state index contributed by atoms with van der Waals surface area (Å²) in [4.78, 5) is 11.6. The molecule has 0 aromatic heterocycles. The number of carbonyl (C=O) groups is 1. The molecule has 0 unspecified atom stereocenters. The largest absolute Gasteiger partial charge is 0.467 e. The van der Waals surface area contributed by atoms with Gasteiger partial charge in [0.1, 0.15) is 6.04 Å². The standard InChI is InChI=1S/C15H16F6N2O2S/c1-7(2)11(12(24)25-3)23-13(26)22-10-5-8(14(16,17)18)4-9(6-10)15(19,20)21/h4-7,11H,1-3H3,(H2,22,23,26)/t11-/m0/s1. The third-order valence-electron chi connectivity index (χ3n) is 3.25. The molecule has 1 aromatic carbocycles. The predicted molar refractivity (Wildman–Crippen MR) is 86.4 cm³/mol. The van der Waals surface area contributed by atoms with E-state index in [-0.39, 0.29) is 17.1 Å². The van der Waals surface area contributed by atoms with Crippen LogP contribution < -0.4 is 10.6 Å². The highest BCUT2D eigenvalue weighted by atomic mass is 32.1. The van der Waals surface area contributed by atoms with Gasteiger partial charge < -0.3 is 15.4 Å². The molecule has 146 valence electrons. The summed E-state index contributed by atoms with van der Waals surface area (Å²) in [5.41, 5.74) is -3.48. The first-order valence-corrected chi connectivity index (χ1v) is 7.61. The van der Waals surface area contributed by atoms with Crippen molar-refractivity contribution in [2.45, 2.75) is 32.2 Å². The number of ether oxygens (including phenoxy) is 1. The number of benzene rings is 1. The maximum Gasteiger partial charge on any atom is 0.416 e. The molecule has 0 bridgehead atoms. The van der Waals surface area contributed by atoms with Crippen LogP contribution in [0.2, 0.25) is 0 Å². The van der Waals surface area contributed by atoms with Crippen molar-refractivity contribution in [2.75, 3.05) is 12.4 Å². The molecular formula is C15H16F6N2O2S. The van der Waals surface area contributed by atoms with Crippen LogP contribution in [-0.4, -0.2) is 24.2 Å². The van der Waals surface area contributed by atoms with Gasteiger partial charge in [0.15, 0.2) is 5.11 Å². The minimum absolute atomic E-state index is 0.00697. The molecule has 0 radical (unpaired) electrons. The second kappa shape index (κ2) is 8.11. The zero-order valence-corrected chi connectivity index (χ0v) is 14.7. The maximum absolute atomic E-state index is 12.8. The molecule has 11 heteroatoms. The van der Waals surface area contributed by atoms with E-state index in [9.17, 15) is 31.1 Å². The lowest BCUT2D eigenvalue weighted by Crippen LogP contribution is -2.46.